The molecule has 1 heterocycles. The van der Waals surface area contributed by atoms with E-state index in [0.717, 1.165) is 11.4 Å². The molecule has 1 saturated carbocycles. The Balaban J connectivity index is 1.95. The second-order valence-electron chi connectivity index (χ2n) is 6.56. The fourth-order valence-electron chi connectivity index (χ4n) is 2.83. The summed E-state index contributed by atoms with van der Waals surface area (Å²) >= 11 is 0. The number of aryl methyl sites for hydroxylation is 1. The van der Waals surface area contributed by atoms with Crippen LogP contribution in [0, 0.1) is 24.2 Å². The molecule has 1 aromatic rings. The molecule has 2 rings (SSSR count). The average molecular weight is 272 g/mol. The van der Waals surface area contributed by atoms with Gasteiger partial charge in [-0.3, -0.25) is 9.78 Å². The van der Waals surface area contributed by atoms with Crippen LogP contribution in [0.15, 0.2) is 29.8 Å². The summed E-state index contributed by atoms with van der Waals surface area (Å²) in [4.78, 5) is 16.7. The predicted molar refractivity (Wildman–Crippen MR) is 81.0 cm³/mol. The number of carbonyl (C=O) groups excluding carboxylic acids is 1. The van der Waals surface area contributed by atoms with Crippen molar-refractivity contribution < 1.29 is 4.79 Å². The lowest BCUT2D eigenvalue weighted by Crippen LogP contribution is -2.26. The summed E-state index contributed by atoms with van der Waals surface area (Å²) in [5.41, 5.74) is 3.24. The number of carbonyl (C=O) groups is 1. The molecule has 1 aromatic heterocycles. The smallest absolute Gasteiger partial charge is 0.224 e. The molecule has 3 heteroatoms. The Morgan fingerprint density at radius 3 is 2.70 bits per heavy atom. The largest absolute Gasteiger partial charge is 0.350 e. The maximum Gasteiger partial charge on any atom is 0.224 e. The molecule has 108 valence electrons. The minimum atomic E-state index is 0.0708. The first-order valence-electron chi connectivity index (χ1n) is 7.17. The highest BCUT2D eigenvalue weighted by molar-refractivity contribution is 5.83. The second-order valence-corrected chi connectivity index (χ2v) is 6.56. The normalized spacial score (nSPS) is 23.1. The molecule has 1 N–H and O–H groups in total. The van der Waals surface area contributed by atoms with Gasteiger partial charge in [0.1, 0.15) is 0 Å². The molecule has 1 fully saturated rings. The van der Waals surface area contributed by atoms with Crippen molar-refractivity contribution in [3.63, 3.8) is 0 Å². The van der Waals surface area contributed by atoms with Crippen LogP contribution in [0.4, 0.5) is 0 Å². The molecule has 0 saturated heterocycles. The van der Waals surface area contributed by atoms with E-state index >= 15 is 0 Å². The van der Waals surface area contributed by atoms with Gasteiger partial charge in [0.2, 0.25) is 5.91 Å². The zero-order valence-electron chi connectivity index (χ0n) is 13.0. The average Bonchev–Trinajstić information content (AvgIpc) is 2.87. The number of rotatable bonds is 4. The number of amides is 1. The monoisotopic (exact) mass is 272 g/mol. The first kappa shape index (κ1) is 14.8. The summed E-state index contributed by atoms with van der Waals surface area (Å²) in [5, 5.41) is 3.02. The Morgan fingerprint density at radius 2 is 2.10 bits per heavy atom. The Morgan fingerprint density at radius 1 is 1.40 bits per heavy atom. The summed E-state index contributed by atoms with van der Waals surface area (Å²) in [7, 11) is 0. The first-order valence-corrected chi connectivity index (χ1v) is 7.17. The maximum absolute atomic E-state index is 12.3. The fourth-order valence-corrected chi connectivity index (χ4v) is 2.83. The topological polar surface area (TPSA) is 42.0 Å². The lowest BCUT2D eigenvalue weighted by molar-refractivity contribution is -0.123. The molecule has 0 bridgehead atoms. The molecule has 1 aliphatic rings. The number of hydrogen-bond donors (Lipinski definition) is 1. The standard InChI is InChI=1S/C17H24N2O/c1-11(2)9-14-15(17(14,4)5)16(20)18-10-13-8-6-7-12(3)19-13/h6-9,14-15H,10H2,1-5H3,(H,18,20). The number of nitrogens with zero attached hydrogens (tertiary/aromatic N) is 1. The zero-order valence-corrected chi connectivity index (χ0v) is 13.0. The molecular formula is C17H24N2O. The van der Waals surface area contributed by atoms with Gasteiger partial charge < -0.3 is 5.32 Å². The van der Waals surface area contributed by atoms with E-state index in [0.29, 0.717) is 12.5 Å². The van der Waals surface area contributed by atoms with Crippen LogP contribution in [-0.4, -0.2) is 10.9 Å². The third-order valence-corrected chi connectivity index (χ3v) is 4.10. The van der Waals surface area contributed by atoms with Crippen LogP contribution in [-0.2, 0) is 11.3 Å². The number of nitrogens with one attached hydrogen (secondary N) is 1. The van der Waals surface area contributed by atoms with Crippen molar-refractivity contribution in [2.45, 2.75) is 41.2 Å². The fraction of sp³-hybridized carbons (Fsp3) is 0.529. The van der Waals surface area contributed by atoms with Crippen LogP contribution in [0.25, 0.3) is 0 Å². The predicted octanol–water partition coefficient (Wildman–Crippen LogP) is 3.24. The van der Waals surface area contributed by atoms with E-state index in [4.69, 9.17) is 0 Å². The van der Waals surface area contributed by atoms with E-state index in [1.807, 2.05) is 25.1 Å². The van der Waals surface area contributed by atoms with E-state index in [1.54, 1.807) is 0 Å². The van der Waals surface area contributed by atoms with E-state index in [2.05, 4.69) is 44.1 Å². The van der Waals surface area contributed by atoms with E-state index < -0.39 is 0 Å². The molecule has 20 heavy (non-hydrogen) atoms. The van der Waals surface area contributed by atoms with Gasteiger partial charge in [-0.1, -0.05) is 31.6 Å². The van der Waals surface area contributed by atoms with Crippen LogP contribution < -0.4 is 5.32 Å². The van der Waals surface area contributed by atoms with E-state index in [-0.39, 0.29) is 17.2 Å². The van der Waals surface area contributed by atoms with Crippen LogP contribution >= 0.6 is 0 Å². The SMILES string of the molecule is CC(C)=CC1C(C(=O)NCc2cccc(C)n2)C1(C)C. The molecular weight excluding hydrogens is 248 g/mol. The van der Waals surface area contributed by atoms with Gasteiger partial charge in [-0.05, 0) is 44.2 Å². The minimum Gasteiger partial charge on any atom is -0.350 e. The van der Waals surface area contributed by atoms with Gasteiger partial charge in [0.05, 0.1) is 18.2 Å². The second kappa shape index (κ2) is 5.39. The summed E-state index contributed by atoms with van der Waals surface area (Å²) in [6.45, 7) is 11.0. The highest BCUT2D eigenvalue weighted by Gasteiger charge is 2.60. The van der Waals surface area contributed by atoms with Crippen molar-refractivity contribution in [2.75, 3.05) is 0 Å². The third kappa shape index (κ3) is 3.09. The Kier molecular flexibility index (Phi) is 3.98. The maximum atomic E-state index is 12.3. The number of hydrogen-bond acceptors (Lipinski definition) is 2. The molecule has 1 amide bonds. The van der Waals surface area contributed by atoms with Crippen LogP contribution in [0.3, 0.4) is 0 Å². The van der Waals surface area contributed by atoms with Crippen molar-refractivity contribution >= 4 is 5.91 Å². The summed E-state index contributed by atoms with van der Waals surface area (Å²) in [6.07, 6.45) is 2.22. The van der Waals surface area contributed by atoms with E-state index in [9.17, 15) is 4.79 Å². The van der Waals surface area contributed by atoms with Crippen molar-refractivity contribution in [3.05, 3.63) is 41.2 Å². The lowest BCUT2D eigenvalue weighted by atomic mass is 10.1. The molecule has 3 nitrogen and oxygen atoms in total. The van der Waals surface area contributed by atoms with Crippen molar-refractivity contribution in [1.29, 1.82) is 0 Å². The minimum absolute atomic E-state index is 0.0708. The van der Waals surface area contributed by atoms with Crippen molar-refractivity contribution in [3.8, 4) is 0 Å². The van der Waals surface area contributed by atoms with Crippen molar-refractivity contribution in [1.82, 2.24) is 10.3 Å². The first-order chi connectivity index (χ1) is 9.32. The van der Waals surface area contributed by atoms with Crippen LogP contribution in [0.5, 0.6) is 0 Å². The van der Waals surface area contributed by atoms with Gasteiger partial charge in [0.25, 0.3) is 0 Å². The lowest BCUT2D eigenvalue weighted by Gasteiger charge is -2.06. The van der Waals surface area contributed by atoms with Crippen LogP contribution in [0.2, 0.25) is 0 Å². The molecule has 0 spiro atoms. The molecule has 1 aliphatic carbocycles. The van der Waals surface area contributed by atoms with Gasteiger partial charge in [0, 0.05) is 5.69 Å². The summed E-state index contributed by atoms with van der Waals surface area (Å²) < 4.78 is 0. The number of aromatic nitrogens is 1. The van der Waals surface area contributed by atoms with Gasteiger partial charge >= 0.3 is 0 Å². The van der Waals surface area contributed by atoms with Crippen molar-refractivity contribution in [2.24, 2.45) is 17.3 Å². The third-order valence-electron chi connectivity index (χ3n) is 4.10. The van der Waals surface area contributed by atoms with Crippen LogP contribution in [0.1, 0.15) is 39.1 Å². The van der Waals surface area contributed by atoms with Gasteiger partial charge in [-0.15, -0.1) is 0 Å². The molecule has 0 aliphatic heterocycles. The molecule has 2 unspecified atom stereocenters. The quantitative estimate of drug-likeness (QED) is 0.855. The highest BCUT2D eigenvalue weighted by Crippen LogP contribution is 2.59. The Hall–Kier alpha value is -1.64. The molecule has 0 radical (unpaired) electrons. The Labute approximate surface area is 121 Å². The zero-order chi connectivity index (χ0) is 14.9. The molecule has 2 atom stereocenters. The van der Waals surface area contributed by atoms with Gasteiger partial charge in [0.15, 0.2) is 0 Å². The molecule has 0 aromatic carbocycles. The number of pyridine rings is 1. The number of allylic oxidation sites excluding steroid dienone is 2. The van der Waals surface area contributed by atoms with Gasteiger partial charge in [-0.2, -0.15) is 0 Å². The summed E-state index contributed by atoms with van der Waals surface area (Å²) in [6, 6.07) is 5.87. The summed E-state index contributed by atoms with van der Waals surface area (Å²) in [5.74, 6) is 0.584. The van der Waals surface area contributed by atoms with E-state index in [1.165, 1.54) is 5.57 Å². The van der Waals surface area contributed by atoms with Gasteiger partial charge in [-0.25, -0.2) is 0 Å². The Bertz CT molecular complexity index is 542. The highest BCUT2D eigenvalue weighted by atomic mass is 16.2.